The second-order valence-electron chi connectivity index (χ2n) is 5.72. The molecule has 20 heavy (non-hydrogen) atoms. The monoisotopic (exact) mass is 329 g/mol. The van der Waals surface area contributed by atoms with Gasteiger partial charge in [0.15, 0.2) is 0 Å². The fourth-order valence-electron chi connectivity index (χ4n) is 2.87. The van der Waals surface area contributed by atoms with E-state index in [-0.39, 0.29) is 0 Å². The number of hydrogen-bond donors (Lipinski definition) is 1. The highest BCUT2D eigenvalue weighted by molar-refractivity contribution is 9.10. The zero-order valence-electron chi connectivity index (χ0n) is 11.8. The normalized spacial score (nSPS) is 17.8. The van der Waals surface area contributed by atoms with E-state index < -0.39 is 0 Å². The minimum Gasteiger partial charge on any atom is -0.310 e. The van der Waals surface area contributed by atoms with Gasteiger partial charge in [-0.25, -0.2) is 0 Å². The van der Waals surface area contributed by atoms with E-state index in [1.807, 2.05) is 0 Å². The Morgan fingerprint density at radius 2 is 1.90 bits per heavy atom. The van der Waals surface area contributed by atoms with Gasteiger partial charge >= 0.3 is 0 Å². The molecule has 0 saturated heterocycles. The number of hydrogen-bond acceptors (Lipinski definition) is 1. The van der Waals surface area contributed by atoms with Crippen molar-refractivity contribution in [2.75, 3.05) is 0 Å². The van der Waals surface area contributed by atoms with Crippen LogP contribution in [0, 0.1) is 6.92 Å². The molecule has 0 radical (unpaired) electrons. The lowest BCUT2D eigenvalue weighted by molar-refractivity contribution is 0.457. The summed E-state index contributed by atoms with van der Waals surface area (Å²) >= 11 is 3.56. The maximum Gasteiger partial charge on any atom is 0.0208 e. The molecule has 1 aliphatic carbocycles. The smallest absolute Gasteiger partial charge is 0.0208 e. The molecule has 0 aromatic heterocycles. The number of rotatable bonds is 3. The van der Waals surface area contributed by atoms with Crippen molar-refractivity contribution in [3.8, 4) is 0 Å². The van der Waals surface area contributed by atoms with Crippen molar-refractivity contribution in [2.24, 2.45) is 0 Å². The Morgan fingerprint density at radius 3 is 2.70 bits per heavy atom. The SMILES string of the molecule is Cc1ccc(CNC2CCc3cc(Br)ccc3C2)cc1. The highest BCUT2D eigenvalue weighted by Gasteiger charge is 2.18. The van der Waals surface area contributed by atoms with Crippen molar-refractivity contribution in [1.29, 1.82) is 0 Å². The lowest BCUT2D eigenvalue weighted by atomic mass is 9.88. The van der Waals surface area contributed by atoms with Crippen molar-refractivity contribution in [1.82, 2.24) is 5.32 Å². The topological polar surface area (TPSA) is 12.0 Å². The second kappa shape index (κ2) is 6.11. The standard InChI is InChI=1S/C18H20BrN/c1-13-2-4-14(5-3-13)12-20-18-9-7-15-10-17(19)8-6-16(15)11-18/h2-6,8,10,18,20H,7,9,11-12H2,1H3. The van der Waals surface area contributed by atoms with Gasteiger partial charge in [-0.05, 0) is 55.0 Å². The van der Waals surface area contributed by atoms with Gasteiger partial charge in [-0.1, -0.05) is 51.8 Å². The maximum atomic E-state index is 3.70. The molecule has 1 N–H and O–H groups in total. The summed E-state index contributed by atoms with van der Waals surface area (Å²) in [6, 6.07) is 16.1. The zero-order valence-corrected chi connectivity index (χ0v) is 13.4. The van der Waals surface area contributed by atoms with Gasteiger partial charge in [0.2, 0.25) is 0 Å². The van der Waals surface area contributed by atoms with Gasteiger partial charge in [0.25, 0.3) is 0 Å². The Balaban J connectivity index is 1.60. The summed E-state index contributed by atoms with van der Waals surface area (Å²) in [5, 5.41) is 3.70. The second-order valence-corrected chi connectivity index (χ2v) is 6.63. The molecule has 0 saturated carbocycles. The van der Waals surface area contributed by atoms with Crippen LogP contribution in [0.15, 0.2) is 46.9 Å². The lowest BCUT2D eigenvalue weighted by Gasteiger charge is -2.26. The van der Waals surface area contributed by atoms with Crippen LogP contribution in [0.3, 0.4) is 0 Å². The number of nitrogens with one attached hydrogen (secondary N) is 1. The van der Waals surface area contributed by atoms with Gasteiger partial charge in [0.05, 0.1) is 0 Å². The first-order valence-electron chi connectivity index (χ1n) is 7.27. The summed E-state index contributed by atoms with van der Waals surface area (Å²) in [5.41, 5.74) is 5.71. The summed E-state index contributed by atoms with van der Waals surface area (Å²) in [6.45, 7) is 3.10. The van der Waals surface area contributed by atoms with Gasteiger partial charge in [0.1, 0.15) is 0 Å². The van der Waals surface area contributed by atoms with Gasteiger partial charge in [-0.15, -0.1) is 0 Å². The van der Waals surface area contributed by atoms with Crippen LogP contribution in [0.5, 0.6) is 0 Å². The van der Waals surface area contributed by atoms with Gasteiger partial charge in [-0.2, -0.15) is 0 Å². The van der Waals surface area contributed by atoms with Gasteiger partial charge in [0, 0.05) is 17.1 Å². The van der Waals surface area contributed by atoms with E-state index in [0.717, 1.165) is 13.0 Å². The third kappa shape index (κ3) is 3.31. The molecule has 0 aliphatic heterocycles. The Morgan fingerprint density at radius 1 is 1.10 bits per heavy atom. The van der Waals surface area contributed by atoms with Crippen LogP contribution in [-0.4, -0.2) is 6.04 Å². The van der Waals surface area contributed by atoms with Crippen LogP contribution in [-0.2, 0) is 19.4 Å². The Kier molecular flexibility index (Phi) is 4.23. The summed E-state index contributed by atoms with van der Waals surface area (Å²) in [6.07, 6.45) is 3.56. The van der Waals surface area contributed by atoms with Crippen LogP contribution < -0.4 is 5.32 Å². The van der Waals surface area contributed by atoms with Crippen LogP contribution in [0.25, 0.3) is 0 Å². The zero-order chi connectivity index (χ0) is 13.9. The predicted molar refractivity (Wildman–Crippen MR) is 88.0 cm³/mol. The quantitative estimate of drug-likeness (QED) is 0.879. The summed E-state index contributed by atoms with van der Waals surface area (Å²) in [7, 11) is 0. The lowest BCUT2D eigenvalue weighted by Crippen LogP contribution is -2.34. The first-order valence-corrected chi connectivity index (χ1v) is 8.06. The Hall–Kier alpha value is -1.12. The number of benzene rings is 2. The molecule has 1 unspecified atom stereocenters. The van der Waals surface area contributed by atoms with Gasteiger partial charge in [-0.3, -0.25) is 0 Å². The van der Waals surface area contributed by atoms with Crippen molar-refractivity contribution in [3.05, 3.63) is 69.2 Å². The van der Waals surface area contributed by atoms with Gasteiger partial charge < -0.3 is 5.32 Å². The molecule has 1 atom stereocenters. The van der Waals surface area contributed by atoms with Crippen molar-refractivity contribution < 1.29 is 0 Å². The fourth-order valence-corrected chi connectivity index (χ4v) is 3.27. The Labute approximate surface area is 129 Å². The molecule has 0 amide bonds. The average molecular weight is 330 g/mol. The summed E-state index contributed by atoms with van der Waals surface area (Å²) in [4.78, 5) is 0. The first kappa shape index (κ1) is 13.8. The maximum absolute atomic E-state index is 3.70. The minimum atomic E-state index is 0.602. The van der Waals surface area contributed by atoms with E-state index in [9.17, 15) is 0 Å². The molecular weight excluding hydrogens is 310 g/mol. The summed E-state index contributed by atoms with van der Waals surface area (Å²) < 4.78 is 1.20. The molecule has 0 heterocycles. The number of halogens is 1. The number of fused-ring (bicyclic) bond motifs is 1. The molecule has 2 heteroatoms. The molecule has 1 aliphatic rings. The molecule has 2 aromatic carbocycles. The molecule has 0 spiro atoms. The molecule has 1 nitrogen and oxygen atoms in total. The fraction of sp³-hybridized carbons (Fsp3) is 0.333. The van der Waals surface area contributed by atoms with Crippen LogP contribution in [0.1, 0.15) is 28.7 Å². The van der Waals surface area contributed by atoms with Crippen LogP contribution >= 0.6 is 15.9 Å². The van der Waals surface area contributed by atoms with Crippen molar-refractivity contribution >= 4 is 15.9 Å². The first-order chi connectivity index (χ1) is 9.70. The third-order valence-electron chi connectivity index (χ3n) is 4.11. The molecule has 0 bridgehead atoms. The highest BCUT2D eigenvalue weighted by Crippen LogP contribution is 2.25. The van der Waals surface area contributed by atoms with E-state index in [0.29, 0.717) is 6.04 Å². The van der Waals surface area contributed by atoms with Crippen LogP contribution in [0.4, 0.5) is 0 Å². The molecule has 2 aromatic rings. The third-order valence-corrected chi connectivity index (χ3v) is 4.61. The van der Waals surface area contributed by atoms with E-state index >= 15 is 0 Å². The van der Waals surface area contributed by atoms with E-state index in [2.05, 4.69) is 70.6 Å². The number of aryl methyl sites for hydroxylation is 2. The molecule has 0 fully saturated rings. The molecule has 3 rings (SSSR count). The average Bonchev–Trinajstić information content (AvgIpc) is 2.46. The minimum absolute atomic E-state index is 0.602. The van der Waals surface area contributed by atoms with E-state index in [1.54, 1.807) is 0 Å². The molecular formula is C18H20BrN. The largest absolute Gasteiger partial charge is 0.310 e. The molecule has 104 valence electrons. The Bertz CT molecular complexity index is 589. The van der Waals surface area contributed by atoms with Crippen molar-refractivity contribution in [3.63, 3.8) is 0 Å². The summed E-state index contributed by atoms with van der Waals surface area (Å²) in [5.74, 6) is 0. The highest BCUT2D eigenvalue weighted by atomic mass is 79.9. The predicted octanol–water partition coefficient (Wildman–Crippen LogP) is 4.40. The van der Waals surface area contributed by atoms with E-state index in [4.69, 9.17) is 0 Å². The van der Waals surface area contributed by atoms with E-state index in [1.165, 1.54) is 39.6 Å². The van der Waals surface area contributed by atoms with Crippen molar-refractivity contribution in [2.45, 2.75) is 38.8 Å². The van der Waals surface area contributed by atoms with Crippen LogP contribution in [0.2, 0.25) is 0 Å².